The molecule has 0 saturated heterocycles. The Bertz CT molecular complexity index is 2110. The smallest absolute Gasteiger partial charge is 0.254 e. The number of nitrogens with one attached hydrogen (secondary N) is 4. The highest BCUT2D eigenvalue weighted by Gasteiger charge is 2.22. The van der Waals surface area contributed by atoms with Crippen molar-refractivity contribution in [1.29, 1.82) is 0 Å². The minimum atomic E-state index is -0.419. The fourth-order valence-electron chi connectivity index (χ4n) is 5.90. The summed E-state index contributed by atoms with van der Waals surface area (Å²) in [6.45, 7) is 5.48. The maximum absolute atomic E-state index is 13.2. The molecular weight excluding hydrogens is 766 g/mol. The van der Waals surface area contributed by atoms with Crippen LogP contribution in [0.15, 0.2) is 79.1 Å². The van der Waals surface area contributed by atoms with Crippen molar-refractivity contribution in [1.82, 2.24) is 25.2 Å². The van der Waals surface area contributed by atoms with Crippen LogP contribution < -0.4 is 20.7 Å². The lowest BCUT2D eigenvalue weighted by atomic mass is 10.0. The Morgan fingerprint density at radius 2 is 1.60 bits per heavy atom. The average molecular weight is 814 g/mol. The summed E-state index contributed by atoms with van der Waals surface area (Å²) in [6.07, 6.45) is 2.95. The van der Waals surface area contributed by atoms with E-state index in [2.05, 4.69) is 30.9 Å². The Morgan fingerprint density at radius 3 is 2.33 bits per heavy atom. The van der Waals surface area contributed by atoms with Gasteiger partial charge in [0.15, 0.2) is 6.29 Å². The molecule has 5 aromatic rings. The Hall–Kier alpha value is -5.87. The number of H-pyrrole nitrogens is 1. The van der Waals surface area contributed by atoms with Crippen LogP contribution in [-0.4, -0.2) is 110 Å². The van der Waals surface area contributed by atoms with E-state index in [0.717, 1.165) is 39.4 Å². The number of hydrogen-bond donors (Lipinski definition) is 4. The molecule has 5 rings (SSSR count). The molecule has 2 aromatic heterocycles. The highest BCUT2D eigenvalue weighted by atomic mass is 35.5. The summed E-state index contributed by atoms with van der Waals surface area (Å²) in [5, 5.41) is 10.2. The minimum Gasteiger partial charge on any atom is -0.491 e. The minimum absolute atomic E-state index is 0.0885. The predicted octanol–water partition coefficient (Wildman–Crippen LogP) is 5.76. The summed E-state index contributed by atoms with van der Waals surface area (Å²) in [5.74, 6) is 0.680. The predicted molar refractivity (Wildman–Crippen MR) is 221 cm³/mol. The molecule has 16 heteroatoms. The molecule has 0 aliphatic rings. The number of hydrogen-bond acceptors (Lipinski definition) is 12. The van der Waals surface area contributed by atoms with Crippen LogP contribution in [0.3, 0.4) is 0 Å². The first-order chi connectivity index (χ1) is 28.3. The van der Waals surface area contributed by atoms with Gasteiger partial charge in [-0.05, 0) is 73.0 Å². The lowest BCUT2D eigenvalue weighted by Gasteiger charge is -2.25. The molecular formula is C42H48ClN7O8. The zero-order valence-electron chi connectivity index (χ0n) is 32.5. The molecule has 0 spiro atoms. The molecule has 306 valence electrons. The number of aldehydes is 1. The van der Waals surface area contributed by atoms with Crippen LogP contribution >= 0.6 is 11.6 Å². The van der Waals surface area contributed by atoms with Gasteiger partial charge in [0.25, 0.3) is 5.91 Å². The van der Waals surface area contributed by atoms with Gasteiger partial charge in [-0.2, -0.15) is 0 Å². The van der Waals surface area contributed by atoms with E-state index in [9.17, 15) is 19.2 Å². The van der Waals surface area contributed by atoms with Gasteiger partial charge in [-0.15, -0.1) is 0 Å². The second-order valence-electron chi connectivity index (χ2n) is 13.1. The lowest BCUT2D eigenvalue weighted by Crippen LogP contribution is -2.36. The van der Waals surface area contributed by atoms with Crippen LogP contribution in [0.25, 0.3) is 22.3 Å². The molecule has 0 fully saturated rings. The summed E-state index contributed by atoms with van der Waals surface area (Å²) >= 11 is 6.31. The van der Waals surface area contributed by atoms with Crippen LogP contribution in [0.5, 0.6) is 5.75 Å². The molecule has 3 aromatic carbocycles. The Balaban J connectivity index is 0.922. The maximum atomic E-state index is 13.2. The van der Waals surface area contributed by atoms with E-state index < -0.39 is 5.91 Å². The number of aromatic amines is 1. The van der Waals surface area contributed by atoms with E-state index in [1.165, 1.54) is 11.2 Å². The van der Waals surface area contributed by atoms with Gasteiger partial charge in [-0.25, -0.2) is 9.97 Å². The molecule has 15 nitrogen and oxygen atoms in total. The number of benzene rings is 3. The van der Waals surface area contributed by atoms with Crippen LogP contribution in [-0.2, 0) is 30.3 Å². The van der Waals surface area contributed by atoms with Crippen molar-refractivity contribution in [2.45, 2.75) is 32.4 Å². The van der Waals surface area contributed by atoms with Crippen LogP contribution in [0.1, 0.15) is 46.0 Å². The molecule has 0 aliphatic heterocycles. The van der Waals surface area contributed by atoms with Gasteiger partial charge in [0.1, 0.15) is 30.1 Å². The molecule has 0 aliphatic carbocycles. The van der Waals surface area contributed by atoms with E-state index in [1.807, 2.05) is 54.6 Å². The number of aromatic nitrogens is 3. The molecule has 4 N–H and O–H groups in total. The van der Waals surface area contributed by atoms with Gasteiger partial charge < -0.3 is 39.5 Å². The van der Waals surface area contributed by atoms with Crippen LogP contribution in [0, 0.1) is 0 Å². The second kappa shape index (κ2) is 22.8. The molecule has 3 amide bonds. The standard InChI is InChI=1S/C42H48ClN7O8/c1-29(10-15-39(53)48-28-52)50(2)42(54)33-7-5-9-37(35(33)26-51)44-16-17-55-18-19-56-20-21-57-22-23-58-32-13-11-30(12-14-32)38-24-34-40(46-27-47-41(34)49-38)45-25-31-6-3-4-8-36(31)43/h3-9,11-14,24,26-29,44H,10,15-23,25H2,1-2H3,(H,48,52,53)(H2,45,46,47,49). The van der Waals surface area contributed by atoms with E-state index >= 15 is 0 Å². The molecule has 58 heavy (non-hydrogen) atoms. The topological polar surface area (TPSA) is 186 Å². The number of ether oxygens (including phenoxy) is 4. The monoisotopic (exact) mass is 813 g/mol. The summed E-state index contributed by atoms with van der Waals surface area (Å²) in [7, 11) is 1.61. The normalized spacial score (nSPS) is 11.5. The number of halogens is 1. The number of fused-ring (bicyclic) bond motifs is 1. The van der Waals surface area contributed by atoms with E-state index in [1.54, 1.807) is 32.2 Å². The third-order valence-electron chi connectivity index (χ3n) is 9.24. The van der Waals surface area contributed by atoms with Crippen LogP contribution in [0.2, 0.25) is 5.02 Å². The van der Waals surface area contributed by atoms with Crippen molar-refractivity contribution in [3.63, 3.8) is 0 Å². The van der Waals surface area contributed by atoms with Crippen molar-refractivity contribution in [3.8, 4) is 17.0 Å². The van der Waals surface area contributed by atoms with Gasteiger partial charge in [0, 0.05) is 49.0 Å². The highest BCUT2D eigenvalue weighted by Crippen LogP contribution is 2.29. The fraction of sp³-hybridized carbons (Fsp3) is 0.333. The summed E-state index contributed by atoms with van der Waals surface area (Å²) in [4.78, 5) is 60.9. The van der Waals surface area contributed by atoms with Gasteiger partial charge in [0.05, 0.1) is 56.2 Å². The molecule has 0 radical (unpaired) electrons. The van der Waals surface area contributed by atoms with E-state index in [4.69, 9.17) is 30.5 Å². The van der Waals surface area contributed by atoms with Crippen molar-refractivity contribution in [3.05, 3.63) is 101 Å². The van der Waals surface area contributed by atoms with Gasteiger partial charge in [0.2, 0.25) is 12.3 Å². The number of carbonyl (C=O) groups is 4. The quantitative estimate of drug-likeness (QED) is 0.0413. The lowest BCUT2D eigenvalue weighted by molar-refractivity contribution is -0.125. The first-order valence-corrected chi connectivity index (χ1v) is 19.3. The number of imide groups is 1. The summed E-state index contributed by atoms with van der Waals surface area (Å²) in [5.41, 5.74) is 4.61. The number of nitrogens with zero attached hydrogens (tertiary/aromatic N) is 3. The Labute approximate surface area is 341 Å². The number of rotatable bonds is 25. The van der Waals surface area contributed by atoms with Crippen molar-refractivity contribution < 1.29 is 38.1 Å². The van der Waals surface area contributed by atoms with Crippen molar-refractivity contribution in [2.24, 2.45) is 0 Å². The molecule has 1 atom stereocenters. The van der Waals surface area contributed by atoms with Gasteiger partial charge in [-0.3, -0.25) is 24.5 Å². The molecule has 2 heterocycles. The third kappa shape index (κ3) is 12.6. The summed E-state index contributed by atoms with van der Waals surface area (Å²) in [6, 6.07) is 22.2. The van der Waals surface area contributed by atoms with E-state index in [-0.39, 0.29) is 29.5 Å². The Morgan fingerprint density at radius 1 is 0.879 bits per heavy atom. The van der Waals surface area contributed by atoms with Crippen molar-refractivity contribution >= 4 is 58.7 Å². The van der Waals surface area contributed by atoms with Crippen molar-refractivity contribution in [2.75, 3.05) is 70.5 Å². The first kappa shape index (κ1) is 43.3. The number of amides is 3. The van der Waals surface area contributed by atoms with Gasteiger partial charge in [-0.1, -0.05) is 35.9 Å². The largest absolute Gasteiger partial charge is 0.491 e. The third-order valence-corrected chi connectivity index (χ3v) is 9.61. The van der Waals surface area contributed by atoms with E-state index in [0.29, 0.717) is 89.2 Å². The average Bonchev–Trinajstić information content (AvgIpc) is 3.69. The molecule has 0 bridgehead atoms. The summed E-state index contributed by atoms with van der Waals surface area (Å²) < 4.78 is 22.7. The zero-order valence-corrected chi connectivity index (χ0v) is 33.3. The number of carbonyl (C=O) groups excluding carboxylic acids is 4. The number of anilines is 2. The van der Waals surface area contributed by atoms with Gasteiger partial charge >= 0.3 is 0 Å². The highest BCUT2D eigenvalue weighted by molar-refractivity contribution is 6.31. The molecule has 1 unspecified atom stereocenters. The second-order valence-corrected chi connectivity index (χ2v) is 13.5. The Kier molecular flexibility index (Phi) is 17.0. The maximum Gasteiger partial charge on any atom is 0.254 e. The first-order valence-electron chi connectivity index (χ1n) is 18.9. The zero-order chi connectivity index (χ0) is 41.1. The SMILES string of the molecule is CC(CCC(=O)NC=O)N(C)C(=O)c1cccc(NCCOCCOCCOCCOc2ccc(-c3cc4c(NCc5ccccc5Cl)ncnc4[nH]3)cc2)c1C=O. The van der Waals surface area contributed by atoms with Crippen LogP contribution in [0.4, 0.5) is 11.5 Å². The molecule has 0 saturated carbocycles. The fourth-order valence-corrected chi connectivity index (χ4v) is 6.10.